The lowest BCUT2D eigenvalue weighted by molar-refractivity contribution is -0.146. The molecule has 0 fully saturated rings. The molecule has 0 saturated carbocycles. The first-order valence-corrected chi connectivity index (χ1v) is 18.7. The van der Waals surface area contributed by atoms with Gasteiger partial charge in [0.05, 0.1) is 13.2 Å². The fourth-order valence-electron chi connectivity index (χ4n) is 4.58. The molecular weight excluding hydrogens is 601 g/mol. The number of aliphatic hydroxyl groups excluding tert-OH is 1. The Morgan fingerprint density at radius 3 is 1.67 bits per heavy atom. The number of phosphoric ester groups is 1. The van der Waals surface area contributed by atoms with Crippen LogP contribution in [0.3, 0.4) is 0 Å². The predicted molar refractivity (Wildman–Crippen MR) is 176 cm³/mol. The van der Waals surface area contributed by atoms with Crippen molar-refractivity contribution in [2.24, 2.45) is 0 Å². The number of hydrogen-bond acceptors (Lipinski definition) is 8. The average molecular weight is 664 g/mol. The Hall–Kier alpha value is -1.78. The molecule has 0 aliphatic carbocycles. The molecule has 0 aliphatic rings. The normalized spacial score (nSPS) is 14.2. The number of unbranched alkanes of at least 4 members (excludes halogenated alkanes) is 17. The highest BCUT2D eigenvalue weighted by Crippen LogP contribution is 2.43. The number of esters is 1. The minimum absolute atomic E-state index is 0.107. The maximum absolute atomic E-state index is 12.2. The van der Waals surface area contributed by atoms with Crippen LogP contribution < -0.4 is 5.32 Å². The highest BCUT2D eigenvalue weighted by atomic mass is 31.2. The summed E-state index contributed by atoms with van der Waals surface area (Å²) in [5.74, 6) is -2.46. The molecule has 0 radical (unpaired) electrons. The second-order valence-electron chi connectivity index (χ2n) is 11.7. The lowest BCUT2D eigenvalue weighted by atomic mass is 10.0. The van der Waals surface area contributed by atoms with Crippen molar-refractivity contribution in [3.05, 3.63) is 12.2 Å². The first kappa shape index (κ1) is 43.2. The van der Waals surface area contributed by atoms with Crippen LogP contribution in [0.15, 0.2) is 12.2 Å². The quantitative estimate of drug-likeness (QED) is 0.0247. The number of carbonyl (C=O) groups excluding carboxylic acids is 2. The van der Waals surface area contributed by atoms with Crippen LogP contribution in [0.2, 0.25) is 0 Å². The minimum Gasteiger partial charge on any atom is -0.480 e. The highest BCUT2D eigenvalue weighted by Gasteiger charge is 2.28. The lowest BCUT2D eigenvalue weighted by Crippen LogP contribution is -2.43. The zero-order valence-electron chi connectivity index (χ0n) is 27.9. The molecule has 0 rings (SSSR count). The van der Waals surface area contributed by atoms with Gasteiger partial charge in [-0.2, -0.15) is 0 Å². The summed E-state index contributed by atoms with van der Waals surface area (Å²) in [7, 11) is -4.71. The second-order valence-corrected chi connectivity index (χ2v) is 13.1. The van der Waals surface area contributed by atoms with Crippen LogP contribution in [0.4, 0.5) is 0 Å². The van der Waals surface area contributed by atoms with E-state index in [2.05, 4.69) is 38.2 Å². The van der Waals surface area contributed by atoms with Crippen molar-refractivity contribution in [1.29, 1.82) is 0 Å². The van der Waals surface area contributed by atoms with Gasteiger partial charge in [0.2, 0.25) is 5.91 Å². The molecule has 12 heteroatoms. The van der Waals surface area contributed by atoms with Gasteiger partial charge < -0.3 is 25.2 Å². The summed E-state index contributed by atoms with van der Waals surface area (Å²) in [5, 5.41) is 21.3. The molecule has 0 aromatic rings. The van der Waals surface area contributed by atoms with E-state index in [4.69, 9.17) is 0 Å². The SMILES string of the molecule is CCCCCCCC/C=C/CCCCCCCCCCCCCC(=O)NC(COP(=O)(O)OCC(O)COC(=O)CC)C(=O)O. The molecule has 0 aromatic heterocycles. The van der Waals surface area contributed by atoms with E-state index in [0.717, 1.165) is 19.3 Å². The number of amides is 1. The van der Waals surface area contributed by atoms with Gasteiger partial charge in [-0.15, -0.1) is 0 Å². The Bertz CT molecular complexity index is 838. The number of aliphatic carboxylic acids is 1. The molecule has 0 spiro atoms. The smallest absolute Gasteiger partial charge is 0.472 e. The third-order valence-corrected chi connectivity index (χ3v) is 8.31. The van der Waals surface area contributed by atoms with Crippen LogP contribution in [0.25, 0.3) is 0 Å². The van der Waals surface area contributed by atoms with E-state index in [9.17, 15) is 34.1 Å². The minimum atomic E-state index is -4.71. The summed E-state index contributed by atoms with van der Waals surface area (Å²) in [6.07, 6.45) is 26.6. The molecule has 3 atom stereocenters. The zero-order valence-corrected chi connectivity index (χ0v) is 28.8. The van der Waals surface area contributed by atoms with Crippen molar-refractivity contribution in [2.45, 2.75) is 161 Å². The van der Waals surface area contributed by atoms with Crippen molar-refractivity contribution in [3.63, 3.8) is 0 Å². The van der Waals surface area contributed by atoms with Gasteiger partial charge in [-0.25, -0.2) is 9.36 Å². The van der Waals surface area contributed by atoms with Crippen molar-refractivity contribution < 1.29 is 47.8 Å². The molecular formula is C33H62NO10P. The summed E-state index contributed by atoms with van der Waals surface area (Å²) < 4.78 is 26.0. The molecule has 0 heterocycles. The van der Waals surface area contributed by atoms with Gasteiger partial charge in [0.25, 0.3) is 0 Å². The van der Waals surface area contributed by atoms with Crippen molar-refractivity contribution in [1.82, 2.24) is 5.32 Å². The van der Waals surface area contributed by atoms with Crippen LogP contribution in [0.1, 0.15) is 149 Å². The van der Waals surface area contributed by atoms with Gasteiger partial charge in [0.15, 0.2) is 6.04 Å². The third kappa shape index (κ3) is 29.4. The molecule has 0 bridgehead atoms. The molecule has 264 valence electrons. The van der Waals surface area contributed by atoms with Gasteiger partial charge in [-0.05, 0) is 32.1 Å². The van der Waals surface area contributed by atoms with Crippen LogP contribution >= 0.6 is 7.82 Å². The molecule has 4 N–H and O–H groups in total. The Morgan fingerprint density at radius 1 is 0.711 bits per heavy atom. The standard InChI is InChI=1S/C33H62NO10P/c1-3-5-6-7-8-9-10-11-12-13-14-15-16-17-18-19-20-21-22-23-24-25-31(36)34-30(33(38)39)28-44-45(40,41)43-27-29(35)26-42-32(37)4-2/h11-12,29-30,35H,3-10,13-28H2,1-2H3,(H,34,36)(H,38,39)(H,40,41)/b12-11+. The number of allylic oxidation sites excluding steroid dienone is 2. The molecule has 0 saturated heterocycles. The molecule has 0 aromatic carbocycles. The average Bonchev–Trinajstić information content (AvgIpc) is 3.01. The lowest BCUT2D eigenvalue weighted by Gasteiger charge is -2.18. The fourth-order valence-corrected chi connectivity index (χ4v) is 5.36. The van der Waals surface area contributed by atoms with Crippen LogP contribution in [0, 0.1) is 0 Å². The number of hydrogen-bond donors (Lipinski definition) is 4. The number of carboxylic acid groups (broad SMARTS) is 1. The monoisotopic (exact) mass is 663 g/mol. The topological polar surface area (TPSA) is 169 Å². The Kier molecular flexibility index (Phi) is 28.4. The Morgan fingerprint density at radius 2 is 1.18 bits per heavy atom. The van der Waals surface area contributed by atoms with E-state index < -0.39 is 57.6 Å². The number of carboxylic acids is 1. The number of carbonyl (C=O) groups is 3. The van der Waals surface area contributed by atoms with Crippen LogP contribution in [-0.2, 0) is 32.7 Å². The van der Waals surface area contributed by atoms with Crippen molar-refractivity contribution in [2.75, 3.05) is 19.8 Å². The molecule has 0 aliphatic heterocycles. The number of rotatable bonds is 32. The van der Waals surface area contributed by atoms with E-state index in [1.807, 2.05) is 0 Å². The predicted octanol–water partition coefficient (Wildman–Crippen LogP) is 7.38. The number of phosphoric acid groups is 1. The second kappa shape index (κ2) is 29.6. The van der Waals surface area contributed by atoms with Gasteiger partial charge in [-0.3, -0.25) is 18.6 Å². The van der Waals surface area contributed by atoms with Crippen molar-refractivity contribution >= 4 is 25.7 Å². The summed E-state index contributed by atoms with van der Waals surface area (Å²) in [5.41, 5.74) is 0. The molecule has 3 unspecified atom stereocenters. The van der Waals surface area contributed by atoms with Crippen LogP contribution in [-0.4, -0.2) is 64.9 Å². The van der Waals surface area contributed by atoms with Gasteiger partial charge in [0, 0.05) is 12.8 Å². The maximum Gasteiger partial charge on any atom is 0.472 e. The summed E-state index contributed by atoms with van der Waals surface area (Å²) in [6.45, 7) is 1.92. The van der Waals surface area contributed by atoms with E-state index in [0.29, 0.717) is 6.42 Å². The van der Waals surface area contributed by atoms with E-state index in [1.165, 1.54) is 96.3 Å². The first-order valence-electron chi connectivity index (χ1n) is 17.2. The maximum atomic E-state index is 12.2. The van der Waals surface area contributed by atoms with Gasteiger partial charge >= 0.3 is 19.8 Å². The van der Waals surface area contributed by atoms with E-state index in [-0.39, 0.29) is 12.8 Å². The molecule has 11 nitrogen and oxygen atoms in total. The molecule has 1 amide bonds. The largest absolute Gasteiger partial charge is 0.480 e. The first-order chi connectivity index (χ1) is 21.6. The van der Waals surface area contributed by atoms with Gasteiger partial charge in [-0.1, -0.05) is 116 Å². The Balaban J connectivity index is 3.77. The highest BCUT2D eigenvalue weighted by molar-refractivity contribution is 7.47. The van der Waals surface area contributed by atoms with E-state index >= 15 is 0 Å². The van der Waals surface area contributed by atoms with Crippen molar-refractivity contribution in [3.8, 4) is 0 Å². The number of nitrogens with one attached hydrogen (secondary N) is 1. The third-order valence-electron chi connectivity index (χ3n) is 7.36. The molecule has 45 heavy (non-hydrogen) atoms. The zero-order chi connectivity index (χ0) is 33.6. The summed E-state index contributed by atoms with van der Waals surface area (Å²) >= 11 is 0. The number of ether oxygens (including phenoxy) is 1. The van der Waals surface area contributed by atoms with Crippen LogP contribution in [0.5, 0.6) is 0 Å². The number of aliphatic hydroxyl groups is 1. The summed E-state index contributed by atoms with van der Waals surface area (Å²) in [4.78, 5) is 44.4. The fraction of sp³-hybridized carbons (Fsp3) is 0.848. The summed E-state index contributed by atoms with van der Waals surface area (Å²) in [6, 6.07) is -1.54. The Labute approximate surface area is 271 Å². The van der Waals surface area contributed by atoms with E-state index in [1.54, 1.807) is 6.92 Å². The van der Waals surface area contributed by atoms with Gasteiger partial charge in [0.1, 0.15) is 12.7 Å².